The largest absolute Gasteiger partial charge is 0.332 e. The van der Waals surface area contributed by atoms with Crippen molar-refractivity contribution in [1.82, 2.24) is 9.55 Å². The van der Waals surface area contributed by atoms with E-state index in [-0.39, 0.29) is 0 Å². The Morgan fingerprint density at radius 1 is 0.655 bits per heavy atom. The van der Waals surface area contributed by atoms with E-state index >= 15 is 0 Å². The van der Waals surface area contributed by atoms with Crippen molar-refractivity contribution in [3.05, 3.63) is 18.2 Å². The number of aromatic nitrogens is 2. The maximum Gasteiger partial charge on any atom is 0.111 e. The number of hydrogen-bond donors (Lipinski definition) is 0. The van der Waals surface area contributed by atoms with Crippen molar-refractivity contribution < 1.29 is 0 Å². The molecule has 29 heavy (non-hydrogen) atoms. The van der Waals surface area contributed by atoms with Crippen LogP contribution in [0.3, 0.4) is 0 Å². The molecule has 1 rings (SSSR count). The van der Waals surface area contributed by atoms with Crippen LogP contribution in [0.1, 0.15) is 161 Å². The Hall–Kier alpha value is -0.790. The van der Waals surface area contributed by atoms with E-state index in [1.165, 1.54) is 121 Å². The molecule has 0 fully saturated rings. The number of rotatable bonds is 20. The minimum Gasteiger partial charge on any atom is -0.332 e. The molecule has 0 radical (unpaired) electrons. The van der Waals surface area contributed by atoms with E-state index in [2.05, 4.69) is 44.7 Å². The van der Waals surface area contributed by atoms with Gasteiger partial charge in [0, 0.05) is 24.4 Å². The van der Waals surface area contributed by atoms with Gasteiger partial charge >= 0.3 is 0 Å². The van der Waals surface area contributed by atoms with E-state index in [9.17, 15) is 0 Å². The maximum absolute atomic E-state index is 4.88. The lowest BCUT2D eigenvalue weighted by atomic mass is 9.93. The topological polar surface area (TPSA) is 17.8 Å². The van der Waals surface area contributed by atoms with Crippen molar-refractivity contribution in [3.63, 3.8) is 0 Å². The highest BCUT2D eigenvalue weighted by Crippen LogP contribution is 2.30. The molecule has 0 aliphatic carbocycles. The van der Waals surface area contributed by atoms with Gasteiger partial charge in [-0.05, 0) is 26.2 Å². The van der Waals surface area contributed by atoms with Gasteiger partial charge in [-0.15, -0.1) is 0 Å². The predicted octanol–water partition coefficient (Wildman–Crippen LogP) is 9.61. The van der Waals surface area contributed by atoms with Crippen LogP contribution in [-0.4, -0.2) is 9.55 Å². The Balaban J connectivity index is 2.57. The number of unbranched alkanes of at least 4 members (excludes halogenated alkanes) is 12. The van der Waals surface area contributed by atoms with Crippen molar-refractivity contribution in [3.8, 4) is 0 Å². The molecule has 2 nitrogen and oxygen atoms in total. The molecule has 2 unspecified atom stereocenters. The molecule has 1 aromatic heterocycles. The molecule has 0 spiro atoms. The minimum atomic E-state index is 0.593. The minimum absolute atomic E-state index is 0.593. The third kappa shape index (κ3) is 11.8. The van der Waals surface area contributed by atoms with Crippen LogP contribution >= 0.6 is 0 Å². The SMILES string of the molecule is CCCCCCCCCC(CCCCCCC)c1nccn1C(C)CCCCC. The van der Waals surface area contributed by atoms with E-state index in [1.807, 2.05) is 0 Å². The molecule has 0 saturated carbocycles. The summed E-state index contributed by atoms with van der Waals surface area (Å²) >= 11 is 0. The van der Waals surface area contributed by atoms with Crippen molar-refractivity contribution in [2.45, 2.75) is 155 Å². The van der Waals surface area contributed by atoms with E-state index in [1.54, 1.807) is 0 Å². The zero-order valence-corrected chi connectivity index (χ0v) is 20.4. The quantitative estimate of drug-likeness (QED) is 0.198. The molecular weight excluding hydrogens is 352 g/mol. The lowest BCUT2D eigenvalue weighted by Crippen LogP contribution is -2.13. The van der Waals surface area contributed by atoms with Crippen molar-refractivity contribution in [2.75, 3.05) is 0 Å². The molecule has 0 N–H and O–H groups in total. The van der Waals surface area contributed by atoms with Crippen LogP contribution in [-0.2, 0) is 0 Å². The fourth-order valence-electron chi connectivity index (χ4n) is 4.59. The van der Waals surface area contributed by atoms with Gasteiger partial charge in [0.25, 0.3) is 0 Å². The number of imidazole rings is 1. The summed E-state index contributed by atoms with van der Waals surface area (Å²) in [4.78, 5) is 4.88. The van der Waals surface area contributed by atoms with E-state index in [4.69, 9.17) is 4.98 Å². The molecule has 0 amide bonds. The van der Waals surface area contributed by atoms with Crippen molar-refractivity contribution in [1.29, 1.82) is 0 Å². The second kappa shape index (κ2) is 18.0. The van der Waals surface area contributed by atoms with Crippen LogP contribution < -0.4 is 0 Å². The fraction of sp³-hybridized carbons (Fsp3) is 0.889. The van der Waals surface area contributed by atoms with Crippen LogP contribution in [0.15, 0.2) is 12.4 Å². The summed E-state index contributed by atoms with van der Waals surface area (Å²) in [5.74, 6) is 2.05. The van der Waals surface area contributed by atoms with Crippen molar-refractivity contribution in [2.24, 2.45) is 0 Å². The number of hydrogen-bond acceptors (Lipinski definition) is 1. The molecule has 1 heterocycles. The van der Waals surface area contributed by atoms with Gasteiger partial charge < -0.3 is 4.57 Å². The molecule has 2 heteroatoms. The predicted molar refractivity (Wildman–Crippen MR) is 130 cm³/mol. The van der Waals surface area contributed by atoms with Gasteiger partial charge in [0.1, 0.15) is 5.82 Å². The van der Waals surface area contributed by atoms with Gasteiger partial charge in [0.05, 0.1) is 0 Å². The maximum atomic E-state index is 4.88. The molecule has 0 bridgehead atoms. The molecular formula is C27H52N2. The normalized spacial score (nSPS) is 13.7. The van der Waals surface area contributed by atoms with Crippen LogP contribution in [0, 0.1) is 0 Å². The average Bonchev–Trinajstić information content (AvgIpc) is 3.21. The van der Waals surface area contributed by atoms with Gasteiger partial charge in [-0.3, -0.25) is 0 Å². The molecule has 0 aromatic carbocycles. The Kier molecular flexibility index (Phi) is 16.3. The number of nitrogens with zero attached hydrogens (tertiary/aromatic N) is 2. The molecule has 0 aliphatic rings. The van der Waals surface area contributed by atoms with Crippen LogP contribution in [0.4, 0.5) is 0 Å². The lowest BCUT2D eigenvalue weighted by molar-refractivity contribution is 0.415. The first kappa shape index (κ1) is 26.2. The fourth-order valence-corrected chi connectivity index (χ4v) is 4.59. The third-order valence-electron chi connectivity index (χ3n) is 6.58. The summed E-state index contributed by atoms with van der Waals surface area (Å²) in [7, 11) is 0. The van der Waals surface area contributed by atoms with E-state index in [0.29, 0.717) is 12.0 Å². The molecule has 0 aliphatic heterocycles. The van der Waals surface area contributed by atoms with Crippen LogP contribution in [0.5, 0.6) is 0 Å². The van der Waals surface area contributed by atoms with Crippen LogP contribution in [0.25, 0.3) is 0 Å². The second-order valence-corrected chi connectivity index (χ2v) is 9.35. The first-order valence-electron chi connectivity index (χ1n) is 13.3. The van der Waals surface area contributed by atoms with Gasteiger partial charge in [0.15, 0.2) is 0 Å². The Morgan fingerprint density at radius 3 is 1.66 bits per heavy atom. The first-order chi connectivity index (χ1) is 14.2. The summed E-state index contributed by atoms with van der Waals surface area (Å²) in [5.41, 5.74) is 0. The lowest BCUT2D eigenvalue weighted by Gasteiger charge is -2.22. The standard InChI is InChI=1S/C27H52N2/c1-5-8-11-13-14-16-19-22-26(21-18-15-12-9-6-2)27-28-23-24-29(27)25(4)20-17-10-7-3/h23-26H,5-22H2,1-4H3. The Bertz CT molecular complexity index is 465. The Labute approximate surface area is 183 Å². The zero-order valence-electron chi connectivity index (χ0n) is 20.4. The van der Waals surface area contributed by atoms with E-state index < -0.39 is 0 Å². The third-order valence-corrected chi connectivity index (χ3v) is 6.58. The summed E-state index contributed by atoms with van der Waals surface area (Å²) in [6.45, 7) is 9.30. The highest BCUT2D eigenvalue weighted by atomic mass is 15.1. The second-order valence-electron chi connectivity index (χ2n) is 9.35. The van der Waals surface area contributed by atoms with Crippen molar-refractivity contribution >= 4 is 0 Å². The molecule has 0 saturated heterocycles. The van der Waals surface area contributed by atoms with Crippen LogP contribution in [0.2, 0.25) is 0 Å². The summed E-state index contributed by atoms with van der Waals surface area (Å²) in [6, 6.07) is 0.593. The smallest absolute Gasteiger partial charge is 0.111 e. The summed E-state index contributed by atoms with van der Waals surface area (Å²) < 4.78 is 2.52. The highest BCUT2D eigenvalue weighted by Gasteiger charge is 2.19. The summed E-state index contributed by atoms with van der Waals surface area (Å²) in [6.07, 6.45) is 29.0. The van der Waals surface area contributed by atoms with Gasteiger partial charge in [-0.2, -0.15) is 0 Å². The Morgan fingerprint density at radius 2 is 1.10 bits per heavy atom. The zero-order chi connectivity index (χ0) is 21.2. The van der Waals surface area contributed by atoms with Gasteiger partial charge in [0.2, 0.25) is 0 Å². The first-order valence-corrected chi connectivity index (χ1v) is 13.3. The molecule has 2 atom stereocenters. The van der Waals surface area contributed by atoms with Gasteiger partial charge in [-0.1, -0.05) is 117 Å². The summed E-state index contributed by atoms with van der Waals surface area (Å²) in [5, 5.41) is 0. The van der Waals surface area contributed by atoms with E-state index in [0.717, 1.165) is 0 Å². The average molecular weight is 405 g/mol. The molecule has 170 valence electrons. The monoisotopic (exact) mass is 404 g/mol. The highest BCUT2D eigenvalue weighted by molar-refractivity contribution is 5.02. The molecule has 1 aromatic rings. The van der Waals surface area contributed by atoms with Gasteiger partial charge in [-0.25, -0.2) is 4.98 Å².